The van der Waals surface area contributed by atoms with Crippen LogP contribution in [0.15, 0.2) is 22.9 Å². The number of hydrogen-bond donors (Lipinski definition) is 1. The van der Waals surface area contributed by atoms with Crippen LogP contribution in [0.2, 0.25) is 0 Å². The maximum Gasteiger partial charge on any atom is 0.138 e. The van der Waals surface area contributed by atoms with Gasteiger partial charge in [-0.3, -0.25) is 4.98 Å². The van der Waals surface area contributed by atoms with Gasteiger partial charge in [0.1, 0.15) is 12.4 Å². The minimum atomic E-state index is -0.0671. The molecule has 0 radical (unpaired) electrons. The summed E-state index contributed by atoms with van der Waals surface area (Å²) in [4.78, 5) is 3.99. The fraction of sp³-hybridized carbons (Fsp3) is 0.444. The molecule has 0 saturated heterocycles. The van der Waals surface area contributed by atoms with E-state index in [9.17, 15) is 0 Å². The van der Waals surface area contributed by atoms with Crippen molar-refractivity contribution in [3.05, 3.63) is 22.9 Å². The van der Waals surface area contributed by atoms with E-state index in [0.29, 0.717) is 6.61 Å². The van der Waals surface area contributed by atoms with Crippen LogP contribution in [-0.2, 0) is 0 Å². The zero-order valence-electron chi connectivity index (χ0n) is 7.98. The van der Waals surface area contributed by atoms with E-state index in [0.717, 1.165) is 23.1 Å². The molecule has 15 heavy (non-hydrogen) atoms. The Hall–Kier alpha value is -0.0300. The maximum atomic E-state index is 5.88. The molecule has 6 heteroatoms. The fourth-order valence-electron chi connectivity index (χ4n) is 1.00. The molecule has 1 aromatic heterocycles. The number of halogens is 3. The SMILES string of the molecule is Cl.Cl.NC1(COc2cncc(Br)c2)CC1. The van der Waals surface area contributed by atoms with Crippen molar-refractivity contribution in [1.82, 2.24) is 4.98 Å². The average Bonchev–Trinajstić information content (AvgIpc) is 2.82. The van der Waals surface area contributed by atoms with Gasteiger partial charge in [-0.2, -0.15) is 0 Å². The molecule has 0 spiro atoms. The Labute approximate surface area is 110 Å². The lowest BCUT2D eigenvalue weighted by atomic mass is 10.3. The molecule has 1 aromatic rings. The van der Waals surface area contributed by atoms with Gasteiger partial charge in [0.15, 0.2) is 0 Å². The smallest absolute Gasteiger partial charge is 0.138 e. The molecule has 0 bridgehead atoms. The predicted molar refractivity (Wildman–Crippen MR) is 68.1 cm³/mol. The average molecular weight is 316 g/mol. The van der Waals surface area contributed by atoms with Crippen LogP contribution < -0.4 is 10.5 Å². The van der Waals surface area contributed by atoms with Crippen molar-refractivity contribution in [3.8, 4) is 5.75 Å². The molecule has 3 nitrogen and oxygen atoms in total. The Morgan fingerprint density at radius 1 is 1.40 bits per heavy atom. The summed E-state index contributed by atoms with van der Waals surface area (Å²) < 4.78 is 6.42. The van der Waals surface area contributed by atoms with E-state index in [1.54, 1.807) is 12.4 Å². The van der Waals surface area contributed by atoms with Crippen LogP contribution in [-0.4, -0.2) is 17.1 Å². The zero-order valence-corrected chi connectivity index (χ0v) is 11.2. The normalized spacial score (nSPS) is 15.9. The Balaban J connectivity index is 0.000000980. The van der Waals surface area contributed by atoms with Gasteiger partial charge in [0, 0.05) is 10.7 Å². The van der Waals surface area contributed by atoms with Crippen molar-refractivity contribution in [3.63, 3.8) is 0 Å². The Morgan fingerprint density at radius 2 is 2.07 bits per heavy atom. The van der Waals surface area contributed by atoms with E-state index in [4.69, 9.17) is 10.5 Å². The third-order valence-electron chi connectivity index (χ3n) is 2.10. The van der Waals surface area contributed by atoms with Crippen molar-refractivity contribution < 1.29 is 4.74 Å². The molecular formula is C9H13BrCl2N2O. The lowest BCUT2D eigenvalue weighted by Gasteiger charge is -2.10. The summed E-state index contributed by atoms with van der Waals surface area (Å²) in [6.07, 6.45) is 5.54. The van der Waals surface area contributed by atoms with Crippen molar-refractivity contribution in [2.75, 3.05) is 6.61 Å². The largest absolute Gasteiger partial charge is 0.490 e. The standard InChI is InChI=1S/C9H11BrN2O.2ClH/c10-7-3-8(5-12-4-7)13-6-9(11)1-2-9;;/h3-5H,1-2,6,11H2;2*1H. The minimum absolute atomic E-state index is 0. The third-order valence-corrected chi connectivity index (χ3v) is 2.53. The first-order valence-electron chi connectivity index (χ1n) is 4.20. The van der Waals surface area contributed by atoms with Crippen LogP contribution in [0.1, 0.15) is 12.8 Å². The van der Waals surface area contributed by atoms with Gasteiger partial charge in [0.05, 0.1) is 11.7 Å². The highest BCUT2D eigenvalue weighted by atomic mass is 79.9. The quantitative estimate of drug-likeness (QED) is 0.932. The number of hydrogen-bond acceptors (Lipinski definition) is 3. The topological polar surface area (TPSA) is 48.1 Å². The number of nitrogens with two attached hydrogens (primary N) is 1. The fourth-order valence-corrected chi connectivity index (χ4v) is 1.35. The van der Waals surface area contributed by atoms with Crippen LogP contribution in [0, 0.1) is 0 Å². The van der Waals surface area contributed by atoms with Crippen LogP contribution in [0.3, 0.4) is 0 Å². The second-order valence-electron chi connectivity index (χ2n) is 3.49. The van der Waals surface area contributed by atoms with Gasteiger partial charge in [-0.15, -0.1) is 24.8 Å². The monoisotopic (exact) mass is 314 g/mol. The van der Waals surface area contributed by atoms with Crippen molar-refractivity contribution in [2.24, 2.45) is 5.73 Å². The molecule has 1 heterocycles. The highest BCUT2D eigenvalue weighted by Gasteiger charge is 2.39. The molecule has 86 valence electrons. The van der Waals surface area contributed by atoms with Gasteiger partial charge in [-0.05, 0) is 34.8 Å². The molecule has 0 aromatic carbocycles. The second kappa shape index (κ2) is 5.89. The first-order valence-corrected chi connectivity index (χ1v) is 5.00. The number of pyridine rings is 1. The van der Waals surface area contributed by atoms with Crippen LogP contribution >= 0.6 is 40.7 Å². The van der Waals surface area contributed by atoms with E-state index < -0.39 is 0 Å². The number of nitrogens with zero attached hydrogens (tertiary/aromatic N) is 1. The number of rotatable bonds is 3. The summed E-state index contributed by atoms with van der Waals surface area (Å²) in [5.41, 5.74) is 5.81. The first-order chi connectivity index (χ1) is 6.18. The van der Waals surface area contributed by atoms with E-state index in [1.165, 1.54) is 0 Å². The minimum Gasteiger partial charge on any atom is -0.490 e. The van der Waals surface area contributed by atoms with E-state index in [1.807, 2.05) is 6.07 Å². The zero-order chi connectivity index (χ0) is 9.31. The van der Waals surface area contributed by atoms with Crippen molar-refractivity contribution >= 4 is 40.7 Å². The van der Waals surface area contributed by atoms with Crippen molar-refractivity contribution in [2.45, 2.75) is 18.4 Å². The van der Waals surface area contributed by atoms with Crippen LogP contribution in [0.4, 0.5) is 0 Å². The Kier molecular flexibility index (Phi) is 5.88. The molecule has 2 N–H and O–H groups in total. The van der Waals surface area contributed by atoms with Gasteiger partial charge in [-0.1, -0.05) is 0 Å². The predicted octanol–water partition coefficient (Wildman–Crippen LogP) is 2.56. The third kappa shape index (κ3) is 4.55. The van der Waals surface area contributed by atoms with Gasteiger partial charge >= 0.3 is 0 Å². The van der Waals surface area contributed by atoms with E-state index in [2.05, 4.69) is 20.9 Å². The van der Waals surface area contributed by atoms with E-state index in [-0.39, 0.29) is 30.4 Å². The van der Waals surface area contributed by atoms with Gasteiger partial charge in [-0.25, -0.2) is 0 Å². The number of aromatic nitrogens is 1. The second-order valence-corrected chi connectivity index (χ2v) is 4.41. The highest BCUT2D eigenvalue weighted by Crippen LogP contribution is 2.32. The van der Waals surface area contributed by atoms with Gasteiger partial charge in [0.2, 0.25) is 0 Å². The highest BCUT2D eigenvalue weighted by molar-refractivity contribution is 9.10. The van der Waals surface area contributed by atoms with Crippen molar-refractivity contribution in [1.29, 1.82) is 0 Å². The summed E-state index contributed by atoms with van der Waals surface area (Å²) in [7, 11) is 0. The summed E-state index contributed by atoms with van der Waals surface area (Å²) in [6.45, 7) is 0.588. The molecule has 2 rings (SSSR count). The summed E-state index contributed by atoms with van der Waals surface area (Å²) >= 11 is 3.32. The first kappa shape index (κ1) is 15.0. The maximum absolute atomic E-state index is 5.88. The molecule has 0 aliphatic heterocycles. The molecule has 1 aliphatic rings. The molecule has 1 aliphatic carbocycles. The molecule has 1 fully saturated rings. The summed E-state index contributed by atoms with van der Waals surface area (Å²) in [5.74, 6) is 0.770. The van der Waals surface area contributed by atoms with Crippen LogP contribution in [0.25, 0.3) is 0 Å². The van der Waals surface area contributed by atoms with E-state index >= 15 is 0 Å². The Bertz CT molecular complexity index is 321. The molecule has 0 atom stereocenters. The summed E-state index contributed by atoms with van der Waals surface area (Å²) in [6, 6.07) is 1.89. The lowest BCUT2D eigenvalue weighted by Crippen LogP contribution is -2.29. The summed E-state index contributed by atoms with van der Waals surface area (Å²) in [5, 5.41) is 0. The Morgan fingerprint density at radius 3 is 2.60 bits per heavy atom. The molecule has 0 amide bonds. The molecule has 1 saturated carbocycles. The molecule has 0 unspecified atom stereocenters. The van der Waals surface area contributed by atoms with Crippen LogP contribution in [0.5, 0.6) is 5.75 Å². The molecular weight excluding hydrogens is 303 g/mol. The number of ether oxygens (including phenoxy) is 1. The lowest BCUT2D eigenvalue weighted by molar-refractivity contribution is 0.278. The van der Waals surface area contributed by atoms with Gasteiger partial charge in [0.25, 0.3) is 0 Å². The van der Waals surface area contributed by atoms with Gasteiger partial charge < -0.3 is 10.5 Å².